The molecule has 2 aliphatic rings. The van der Waals surface area contributed by atoms with Crippen LogP contribution in [0.3, 0.4) is 0 Å². The molecule has 0 aromatic carbocycles. The van der Waals surface area contributed by atoms with Crippen LogP contribution in [0.15, 0.2) is 6.07 Å². The Hall–Kier alpha value is -1.93. The van der Waals surface area contributed by atoms with Crippen LogP contribution in [0.5, 0.6) is 0 Å². The lowest BCUT2D eigenvalue weighted by atomic mass is 9.93. The highest BCUT2D eigenvalue weighted by atomic mass is 16.5. The summed E-state index contributed by atoms with van der Waals surface area (Å²) in [7, 11) is 3.51. The summed E-state index contributed by atoms with van der Waals surface area (Å²) in [4.78, 5) is 26.3. The quantitative estimate of drug-likeness (QED) is 0.679. The molecule has 1 atom stereocenters. The number of nitrogens with one attached hydrogen (secondary N) is 2. The van der Waals surface area contributed by atoms with Gasteiger partial charge in [-0.1, -0.05) is 0 Å². The fraction of sp³-hybridized carbons (Fsp3) is 0.750. The van der Waals surface area contributed by atoms with Gasteiger partial charge in [-0.3, -0.25) is 9.69 Å². The highest BCUT2D eigenvalue weighted by molar-refractivity contribution is 5.78. The van der Waals surface area contributed by atoms with Gasteiger partial charge in [0.1, 0.15) is 5.82 Å². The maximum atomic E-state index is 12.4. The number of aromatic nitrogens is 2. The second-order valence-electron chi connectivity index (χ2n) is 7.78. The number of amides is 1. The summed E-state index contributed by atoms with van der Waals surface area (Å²) < 4.78 is 5.02. The van der Waals surface area contributed by atoms with E-state index in [1.54, 1.807) is 7.11 Å². The summed E-state index contributed by atoms with van der Waals surface area (Å²) in [5.74, 6) is 1.96. The normalized spacial score (nSPS) is 21.5. The SMILES string of the molecule is CNc1nc(C)cc(N2CCC(N3CCC[C@H](C(=O)NCCOC)C3)CC2)n1. The molecule has 0 saturated carbocycles. The van der Waals surface area contributed by atoms with Gasteiger partial charge in [0.2, 0.25) is 11.9 Å². The third kappa shape index (κ3) is 5.32. The minimum Gasteiger partial charge on any atom is -0.383 e. The summed E-state index contributed by atoms with van der Waals surface area (Å²) in [6.07, 6.45) is 4.30. The number of anilines is 2. The van der Waals surface area contributed by atoms with Crippen molar-refractivity contribution in [3.05, 3.63) is 11.8 Å². The summed E-state index contributed by atoms with van der Waals surface area (Å²) in [6, 6.07) is 2.61. The van der Waals surface area contributed by atoms with Crippen LogP contribution in [0.1, 0.15) is 31.4 Å². The molecule has 8 nitrogen and oxygen atoms in total. The molecule has 0 spiro atoms. The van der Waals surface area contributed by atoms with Gasteiger partial charge >= 0.3 is 0 Å². The van der Waals surface area contributed by atoms with E-state index in [4.69, 9.17) is 4.74 Å². The van der Waals surface area contributed by atoms with Gasteiger partial charge in [-0.05, 0) is 39.2 Å². The van der Waals surface area contributed by atoms with Gasteiger partial charge in [0.05, 0.1) is 12.5 Å². The highest BCUT2D eigenvalue weighted by Crippen LogP contribution is 2.26. The molecule has 8 heteroatoms. The Morgan fingerprint density at radius 2 is 2.04 bits per heavy atom. The number of hydrogen-bond acceptors (Lipinski definition) is 7. The molecule has 0 radical (unpaired) electrons. The van der Waals surface area contributed by atoms with Gasteiger partial charge in [-0.15, -0.1) is 0 Å². The lowest BCUT2D eigenvalue weighted by Crippen LogP contribution is -2.51. The van der Waals surface area contributed by atoms with Gasteiger partial charge in [-0.2, -0.15) is 4.98 Å². The number of ether oxygens (including phenoxy) is 1. The Balaban J connectivity index is 1.51. The fourth-order valence-electron chi connectivity index (χ4n) is 4.26. The number of hydrogen-bond donors (Lipinski definition) is 2. The zero-order valence-electron chi connectivity index (χ0n) is 17.4. The number of rotatable bonds is 7. The number of piperidine rings is 2. The second-order valence-corrected chi connectivity index (χ2v) is 7.78. The molecule has 2 saturated heterocycles. The van der Waals surface area contributed by atoms with E-state index in [0.29, 0.717) is 25.1 Å². The summed E-state index contributed by atoms with van der Waals surface area (Å²) in [5.41, 5.74) is 0.981. The van der Waals surface area contributed by atoms with Crippen molar-refractivity contribution < 1.29 is 9.53 Å². The largest absolute Gasteiger partial charge is 0.383 e. The number of carbonyl (C=O) groups is 1. The molecule has 1 aromatic rings. The smallest absolute Gasteiger partial charge is 0.224 e. The van der Waals surface area contributed by atoms with E-state index in [9.17, 15) is 4.79 Å². The van der Waals surface area contributed by atoms with Crippen LogP contribution in [0.4, 0.5) is 11.8 Å². The average Bonchev–Trinajstić information content (AvgIpc) is 2.73. The maximum Gasteiger partial charge on any atom is 0.224 e. The fourth-order valence-corrected chi connectivity index (χ4v) is 4.26. The minimum absolute atomic E-state index is 0.103. The van der Waals surface area contributed by atoms with E-state index in [1.165, 1.54) is 0 Å². The zero-order valence-corrected chi connectivity index (χ0v) is 17.4. The molecular formula is C20H34N6O2. The molecule has 2 aliphatic heterocycles. The van der Waals surface area contributed by atoms with Crippen LogP contribution in [-0.4, -0.2) is 80.3 Å². The van der Waals surface area contributed by atoms with Crippen LogP contribution >= 0.6 is 0 Å². The van der Waals surface area contributed by atoms with Crippen molar-refractivity contribution in [1.29, 1.82) is 0 Å². The van der Waals surface area contributed by atoms with Crippen molar-refractivity contribution in [1.82, 2.24) is 20.2 Å². The van der Waals surface area contributed by atoms with Gasteiger partial charge < -0.3 is 20.3 Å². The number of nitrogens with zero attached hydrogens (tertiary/aromatic N) is 4. The van der Waals surface area contributed by atoms with Crippen molar-refractivity contribution in [2.75, 3.05) is 63.7 Å². The first-order chi connectivity index (χ1) is 13.6. The molecule has 2 N–H and O–H groups in total. The Labute approximate surface area is 168 Å². The van der Waals surface area contributed by atoms with Crippen LogP contribution < -0.4 is 15.5 Å². The Morgan fingerprint density at radius 1 is 1.25 bits per heavy atom. The van der Waals surface area contributed by atoms with Crippen molar-refractivity contribution in [2.45, 2.75) is 38.6 Å². The first kappa shape index (κ1) is 20.8. The molecule has 0 unspecified atom stereocenters. The topological polar surface area (TPSA) is 82.6 Å². The number of likely N-dealkylation sites (tertiary alicyclic amines) is 1. The number of methoxy groups -OCH3 is 1. The first-order valence-corrected chi connectivity index (χ1v) is 10.4. The van der Waals surface area contributed by atoms with Crippen LogP contribution in [0.25, 0.3) is 0 Å². The highest BCUT2D eigenvalue weighted by Gasteiger charge is 2.31. The average molecular weight is 391 g/mol. The van der Waals surface area contributed by atoms with Gasteiger partial charge in [0.15, 0.2) is 0 Å². The van der Waals surface area contributed by atoms with Gasteiger partial charge in [-0.25, -0.2) is 4.98 Å². The molecular weight excluding hydrogens is 356 g/mol. The summed E-state index contributed by atoms with van der Waals surface area (Å²) in [6.45, 7) is 7.12. The predicted octanol–water partition coefficient (Wildman–Crippen LogP) is 1.27. The lowest BCUT2D eigenvalue weighted by Gasteiger charge is -2.42. The van der Waals surface area contributed by atoms with Crippen LogP contribution in [0, 0.1) is 12.8 Å². The first-order valence-electron chi connectivity index (χ1n) is 10.4. The van der Waals surface area contributed by atoms with E-state index in [0.717, 1.165) is 63.4 Å². The van der Waals surface area contributed by atoms with E-state index in [-0.39, 0.29) is 11.8 Å². The molecule has 28 heavy (non-hydrogen) atoms. The van der Waals surface area contributed by atoms with E-state index < -0.39 is 0 Å². The number of aryl methyl sites for hydroxylation is 1. The summed E-state index contributed by atoms with van der Waals surface area (Å²) >= 11 is 0. The number of carbonyl (C=O) groups excluding carboxylic acids is 1. The van der Waals surface area contributed by atoms with Crippen molar-refractivity contribution >= 4 is 17.7 Å². The molecule has 3 rings (SSSR count). The predicted molar refractivity (Wildman–Crippen MR) is 111 cm³/mol. The second kappa shape index (κ2) is 10.0. The van der Waals surface area contributed by atoms with E-state index in [1.807, 2.05) is 14.0 Å². The Kier molecular flexibility index (Phi) is 7.44. The van der Waals surface area contributed by atoms with Crippen molar-refractivity contribution in [2.24, 2.45) is 5.92 Å². The maximum absolute atomic E-state index is 12.4. The Bertz CT molecular complexity index is 648. The zero-order chi connectivity index (χ0) is 19.9. The molecule has 2 fully saturated rings. The van der Waals surface area contributed by atoms with E-state index >= 15 is 0 Å². The van der Waals surface area contributed by atoms with Crippen LogP contribution in [-0.2, 0) is 9.53 Å². The van der Waals surface area contributed by atoms with Gasteiger partial charge in [0.25, 0.3) is 0 Å². The standard InChI is InChI=1S/C20H34N6O2/c1-15-13-18(24-20(21-2)23-15)25-10-6-17(7-11-25)26-9-4-5-16(14-26)19(27)22-8-12-28-3/h13,16-17H,4-12,14H2,1-3H3,(H,22,27)(H,21,23,24)/t16-/m0/s1. The summed E-state index contributed by atoms with van der Waals surface area (Å²) in [5, 5.41) is 6.04. The van der Waals surface area contributed by atoms with Crippen LogP contribution in [0.2, 0.25) is 0 Å². The molecule has 0 bridgehead atoms. The monoisotopic (exact) mass is 390 g/mol. The molecule has 156 valence electrons. The van der Waals surface area contributed by atoms with Crippen molar-refractivity contribution in [3.8, 4) is 0 Å². The van der Waals surface area contributed by atoms with Gasteiger partial charge in [0, 0.05) is 58.1 Å². The molecule has 3 heterocycles. The lowest BCUT2D eigenvalue weighted by molar-refractivity contribution is -0.127. The van der Waals surface area contributed by atoms with E-state index in [2.05, 4.69) is 36.5 Å². The molecule has 1 aromatic heterocycles. The van der Waals surface area contributed by atoms with Crippen molar-refractivity contribution in [3.63, 3.8) is 0 Å². The third-order valence-corrected chi connectivity index (χ3v) is 5.80. The third-order valence-electron chi connectivity index (χ3n) is 5.80. The molecule has 1 amide bonds. The molecule has 0 aliphatic carbocycles. The minimum atomic E-state index is 0.103. The Morgan fingerprint density at radius 3 is 2.75 bits per heavy atom.